The Bertz CT molecular complexity index is 773. The van der Waals surface area contributed by atoms with E-state index in [1.165, 1.54) is 0 Å². The molecule has 1 aliphatic heterocycles. The largest absolute Gasteiger partial charge is 0.367 e. The van der Waals surface area contributed by atoms with Crippen LogP contribution in [0.4, 0.5) is 5.82 Å². The second kappa shape index (κ2) is 7.92. The van der Waals surface area contributed by atoms with Crippen LogP contribution in [0.1, 0.15) is 33.1 Å². The van der Waals surface area contributed by atoms with Crippen molar-refractivity contribution in [3.05, 3.63) is 33.8 Å². The third-order valence-electron chi connectivity index (χ3n) is 4.49. The number of aromatic nitrogens is 1. The molecule has 25 heavy (non-hydrogen) atoms. The molecular weight excluding hydrogens is 402 g/mol. The molecule has 2 heterocycles. The van der Waals surface area contributed by atoms with Gasteiger partial charge in [0.1, 0.15) is 5.82 Å². The molecule has 134 valence electrons. The molecule has 0 radical (unpaired) electrons. The van der Waals surface area contributed by atoms with Gasteiger partial charge in [0.05, 0.1) is 10.5 Å². The van der Waals surface area contributed by atoms with E-state index in [0.717, 1.165) is 47.1 Å². The molecule has 0 atom stereocenters. The minimum atomic E-state index is 0.273. The maximum atomic E-state index is 12.2. The van der Waals surface area contributed by atoms with Gasteiger partial charge in [-0.3, -0.25) is 4.79 Å². The Hall–Kier alpha value is -1.33. The minimum Gasteiger partial charge on any atom is -0.367 e. The lowest BCUT2D eigenvalue weighted by Crippen LogP contribution is -2.42. The molecule has 1 aromatic carbocycles. The van der Waals surface area contributed by atoms with Gasteiger partial charge in [-0.2, -0.15) is 0 Å². The van der Waals surface area contributed by atoms with E-state index in [2.05, 4.69) is 40.1 Å². The van der Waals surface area contributed by atoms with Crippen LogP contribution in [-0.4, -0.2) is 34.9 Å². The molecule has 1 aromatic heterocycles. The summed E-state index contributed by atoms with van der Waals surface area (Å²) in [5, 5.41) is 5.15. The Morgan fingerprint density at radius 2 is 2.08 bits per heavy atom. The zero-order chi connectivity index (χ0) is 18.0. The van der Waals surface area contributed by atoms with Crippen LogP contribution in [0.3, 0.4) is 0 Å². The predicted octanol–water partition coefficient (Wildman–Crippen LogP) is 5.10. The van der Waals surface area contributed by atoms with Gasteiger partial charge in [0.15, 0.2) is 0 Å². The fourth-order valence-electron chi connectivity index (χ4n) is 3.20. The highest BCUT2D eigenvalue weighted by Gasteiger charge is 2.23. The first-order chi connectivity index (χ1) is 11.9. The summed E-state index contributed by atoms with van der Waals surface area (Å²) >= 11 is 9.76. The molecule has 0 unspecified atom stereocenters. The molecule has 6 heteroatoms. The number of fused-ring (bicyclic) bond motifs is 1. The van der Waals surface area contributed by atoms with Gasteiger partial charge in [0.25, 0.3) is 0 Å². The number of nitrogens with one attached hydrogen (secondary N) is 1. The number of halogens is 2. The van der Waals surface area contributed by atoms with E-state index in [1.54, 1.807) is 0 Å². The van der Waals surface area contributed by atoms with Crippen LogP contribution in [-0.2, 0) is 4.79 Å². The van der Waals surface area contributed by atoms with Gasteiger partial charge in [-0.25, -0.2) is 4.98 Å². The zero-order valence-electron chi connectivity index (χ0n) is 14.6. The second-order valence-corrected chi connectivity index (χ2v) is 8.38. The van der Waals surface area contributed by atoms with E-state index in [-0.39, 0.29) is 5.91 Å². The van der Waals surface area contributed by atoms with Crippen molar-refractivity contribution in [2.45, 2.75) is 39.2 Å². The highest BCUT2D eigenvalue weighted by molar-refractivity contribution is 9.10. The molecule has 3 rings (SSSR count). The molecule has 1 saturated heterocycles. The van der Waals surface area contributed by atoms with Crippen LogP contribution >= 0.6 is 27.5 Å². The Morgan fingerprint density at radius 1 is 1.36 bits per heavy atom. The van der Waals surface area contributed by atoms with Gasteiger partial charge in [0.2, 0.25) is 5.91 Å². The monoisotopic (exact) mass is 423 g/mol. The maximum Gasteiger partial charge on any atom is 0.222 e. The molecule has 4 nitrogen and oxygen atoms in total. The number of anilines is 1. The number of amides is 1. The van der Waals surface area contributed by atoms with E-state index in [1.807, 2.05) is 29.2 Å². The summed E-state index contributed by atoms with van der Waals surface area (Å²) in [7, 11) is 0. The quantitative estimate of drug-likeness (QED) is 0.742. The zero-order valence-corrected chi connectivity index (χ0v) is 16.9. The standard InChI is InChI=1S/C19H23BrClN3O/c1-12(2)9-18(25)24-7-5-15(6-8-24)22-17-4-3-13-10-14(20)11-16(21)19(13)23-17/h3-4,10-12,15H,5-9H2,1-2H3,(H,22,23). The van der Waals surface area contributed by atoms with Crippen molar-refractivity contribution in [1.82, 2.24) is 9.88 Å². The highest BCUT2D eigenvalue weighted by atomic mass is 79.9. The third-order valence-corrected chi connectivity index (χ3v) is 5.24. The molecular formula is C19H23BrClN3O. The number of carbonyl (C=O) groups excluding carboxylic acids is 1. The number of nitrogens with zero attached hydrogens (tertiary/aromatic N) is 2. The van der Waals surface area contributed by atoms with Crippen LogP contribution < -0.4 is 5.32 Å². The van der Waals surface area contributed by atoms with Gasteiger partial charge < -0.3 is 10.2 Å². The van der Waals surface area contributed by atoms with E-state index in [9.17, 15) is 4.79 Å². The van der Waals surface area contributed by atoms with Crippen molar-refractivity contribution >= 4 is 50.2 Å². The van der Waals surface area contributed by atoms with E-state index in [4.69, 9.17) is 11.6 Å². The SMILES string of the molecule is CC(C)CC(=O)N1CCC(Nc2ccc3cc(Br)cc(Cl)c3n2)CC1. The van der Waals surface area contributed by atoms with Crippen LogP contribution in [0.15, 0.2) is 28.7 Å². The molecule has 1 aliphatic rings. The number of piperidine rings is 1. The van der Waals surface area contributed by atoms with Crippen LogP contribution in [0.2, 0.25) is 5.02 Å². The van der Waals surface area contributed by atoms with E-state index in [0.29, 0.717) is 23.4 Å². The molecule has 0 saturated carbocycles. The van der Waals surface area contributed by atoms with Gasteiger partial charge in [0, 0.05) is 35.4 Å². The normalized spacial score (nSPS) is 15.8. The summed E-state index contributed by atoms with van der Waals surface area (Å²) in [5.41, 5.74) is 0.805. The Labute approximate surface area is 162 Å². The summed E-state index contributed by atoms with van der Waals surface area (Å²) in [4.78, 5) is 18.8. The fourth-order valence-corrected chi connectivity index (χ4v) is 4.07. The summed E-state index contributed by atoms with van der Waals surface area (Å²) in [5.74, 6) is 1.52. The average Bonchev–Trinajstić information content (AvgIpc) is 2.55. The number of rotatable bonds is 4. The summed E-state index contributed by atoms with van der Waals surface area (Å²) in [6.07, 6.45) is 2.52. The van der Waals surface area contributed by atoms with E-state index < -0.39 is 0 Å². The van der Waals surface area contributed by atoms with Crippen LogP contribution in [0, 0.1) is 5.92 Å². The molecule has 0 aliphatic carbocycles. The Balaban J connectivity index is 1.62. The lowest BCUT2D eigenvalue weighted by molar-refractivity contribution is -0.132. The van der Waals surface area contributed by atoms with Gasteiger partial charge in [-0.1, -0.05) is 41.4 Å². The van der Waals surface area contributed by atoms with Gasteiger partial charge in [-0.05, 0) is 43.0 Å². The van der Waals surface area contributed by atoms with Crippen molar-refractivity contribution in [2.75, 3.05) is 18.4 Å². The molecule has 0 spiro atoms. The number of hydrogen-bond acceptors (Lipinski definition) is 3. The lowest BCUT2D eigenvalue weighted by atomic mass is 10.0. The first-order valence-electron chi connectivity index (χ1n) is 8.72. The average molecular weight is 425 g/mol. The first kappa shape index (κ1) is 18.5. The van der Waals surface area contributed by atoms with Crippen molar-refractivity contribution in [3.63, 3.8) is 0 Å². The van der Waals surface area contributed by atoms with E-state index >= 15 is 0 Å². The molecule has 1 N–H and O–H groups in total. The molecule has 1 fully saturated rings. The van der Waals surface area contributed by atoms with Crippen molar-refractivity contribution in [2.24, 2.45) is 5.92 Å². The topological polar surface area (TPSA) is 45.2 Å². The number of carbonyl (C=O) groups is 1. The highest BCUT2D eigenvalue weighted by Crippen LogP contribution is 2.28. The molecule has 2 aromatic rings. The predicted molar refractivity (Wildman–Crippen MR) is 107 cm³/mol. The Morgan fingerprint density at radius 3 is 2.76 bits per heavy atom. The van der Waals surface area contributed by atoms with Crippen molar-refractivity contribution in [3.8, 4) is 0 Å². The summed E-state index contributed by atoms with van der Waals surface area (Å²) in [6.45, 7) is 5.79. The number of pyridine rings is 1. The number of hydrogen-bond donors (Lipinski definition) is 1. The smallest absolute Gasteiger partial charge is 0.222 e. The Kier molecular flexibility index (Phi) is 5.85. The van der Waals surface area contributed by atoms with Gasteiger partial charge >= 0.3 is 0 Å². The van der Waals surface area contributed by atoms with Crippen LogP contribution in [0.25, 0.3) is 10.9 Å². The summed E-state index contributed by atoms with van der Waals surface area (Å²) < 4.78 is 0.950. The fraction of sp³-hybridized carbons (Fsp3) is 0.474. The third kappa shape index (κ3) is 4.64. The lowest BCUT2D eigenvalue weighted by Gasteiger charge is -2.33. The number of likely N-dealkylation sites (tertiary alicyclic amines) is 1. The summed E-state index contributed by atoms with van der Waals surface area (Å²) in [6, 6.07) is 8.22. The first-order valence-corrected chi connectivity index (χ1v) is 9.89. The van der Waals surface area contributed by atoms with Crippen LogP contribution in [0.5, 0.6) is 0 Å². The van der Waals surface area contributed by atoms with Gasteiger partial charge in [-0.15, -0.1) is 0 Å². The molecule has 0 bridgehead atoms. The molecule has 1 amide bonds. The minimum absolute atomic E-state index is 0.273. The second-order valence-electron chi connectivity index (χ2n) is 7.05. The number of benzene rings is 1. The van der Waals surface area contributed by atoms with Crippen molar-refractivity contribution in [1.29, 1.82) is 0 Å². The maximum absolute atomic E-state index is 12.2. The van der Waals surface area contributed by atoms with Crippen molar-refractivity contribution < 1.29 is 4.79 Å².